The molecule has 10 heteroatoms. The van der Waals surface area contributed by atoms with Gasteiger partial charge in [0.15, 0.2) is 17.5 Å². The van der Waals surface area contributed by atoms with Crippen molar-refractivity contribution in [2.24, 2.45) is 5.92 Å². The number of nitrogens with zero attached hydrogens (tertiary/aromatic N) is 1. The molecule has 0 atom stereocenters. The van der Waals surface area contributed by atoms with Crippen LogP contribution in [0.15, 0.2) is 72.9 Å². The molecule has 0 bridgehead atoms. The number of hydrogen-bond acceptors (Lipinski definition) is 2. The largest absolute Gasteiger partial charge is 0.432 e. The average Bonchev–Trinajstić information content (AvgIpc) is 2.95. The van der Waals surface area contributed by atoms with Gasteiger partial charge in [0.05, 0.1) is 5.69 Å². The van der Waals surface area contributed by atoms with Gasteiger partial charge in [-0.15, -0.1) is 0 Å². The van der Waals surface area contributed by atoms with Crippen molar-refractivity contribution in [3.8, 4) is 28.1 Å². The third-order valence-corrected chi connectivity index (χ3v) is 7.61. The summed E-state index contributed by atoms with van der Waals surface area (Å²) in [7, 11) is 0. The van der Waals surface area contributed by atoms with Crippen molar-refractivity contribution in [3.63, 3.8) is 0 Å². The van der Waals surface area contributed by atoms with Gasteiger partial charge in [-0.05, 0) is 79.8 Å². The Morgan fingerprint density at radius 2 is 1.37 bits per heavy atom. The maximum atomic E-state index is 15.1. The van der Waals surface area contributed by atoms with Gasteiger partial charge < -0.3 is 4.74 Å². The van der Waals surface area contributed by atoms with Crippen LogP contribution in [0.25, 0.3) is 22.4 Å². The molecule has 0 N–H and O–H groups in total. The Kier molecular flexibility index (Phi) is 8.57. The molecule has 1 saturated carbocycles. The monoisotopic (exact) mass is 603 g/mol. The molecule has 0 amide bonds. The Morgan fingerprint density at radius 3 is 1.93 bits per heavy atom. The number of allylic oxidation sites excluding steroid dienone is 2. The van der Waals surface area contributed by atoms with E-state index in [9.17, 15) is 30.7 Å². The van der Waals surface area contributed by atoms with Crippen molar-refractivity contribution in [1.29, 1.82) is 0 Å². The Balaban J connectivity index is 1.34. The van der Waals surface area contributed by atoms with Gasteiger partial charge in [-0.1, -0.05) is 30.4 Å². The first-order valence-corrected chi connectivity index (χ1v) is 13.6. The predicted octanol–water partition coefficient (Wildman–Crippen LogP) is 10.2. The van der Waals surface area contributed by atoms with Gasteiger partial charge in [0.25, 0.3) is 0 Å². The van der Waals surface area contributed by atoms with Crippen LogP contribution in [-0.4, -0.2) is 4.98 Å². The van der Waals surface area contributed by atoms with E-state index in [0.717, 1.165) is 37.3 Å². The predicted molar refractivity (Wildman–Crippen MR) is 145 cm³/mol. The zero-order valence-electron chi connectivity index (χ0n) is 22.8. The standard InChI is InChI=1S/C33H25F8NO/c1-2-3-18-4-6-19(7-5-18)21-9-11-30(42-17-21)20-8-10-24(25(34)12-20)22-13-26(35)31(27(36)14-22)33(40,41)43-23-15-28(37)32(39)29(38)16-23/h2-3,8-19H,4-7H2,1H3/b3-2+. The lowest BCUT2D eigenvalue weighted by Crippen LogP contribution is -2.25. The highest BCUT2D eigenvalue weighted by Crippen LogP contribution is 2.39. The van der Waals surface area contributed by atoms with Crippen molar-refractivity contribution in [1.82, 2.24) is 4.98 Å². The molecule has 0 aliphatic heterocycles. The summed E-state index contributed by atoms with van der Waals surface area (Å²) in [6.45, 7) is 2.02. The summed E-state index contributed by atoms with van der Waals surface area (Å²) in [4.78, 5) is 4.47. The number of alkyl halides is 2. The zero-order chi connectivity index (χ0) is 30.9. The molecule has 1 aliphatic carbocycles. The quantitative estimate of drug-likeness (QED) is 0.119. The third kappa shape index (κ3) is 6.43. The van der Waals surface area contributed by atoms with Crippen LogP contribution < -0.4 is 4.74 Å². The van der Waals surface area contributed by atoms with Crippen LogP contribution in [0.3, 0.4) is 0 Å². The Morgan fingerprint density at radius 1 is 0.744 bits per heavy atom. The van der Waals surface area contributed by atoms with Gasteiger partial charge in [0, 0.05) is 29.5 Å². The summed E-state index contributed by atoms with van der Waals surface area (Å²) in [5.74, 6) is -10.3. The summed E-state index contributed by atoms with van der Waals surface area (Å²) in [6.07, 6.45) is 5.62. The number of rotatable bonds is 7. The van der Waals surface area contributed by atoms with E-state index in [2.05, 4.69) is 21.9 Å². The third-order valence-electron chi connectivity index (χ3n) is 7.61. The van der Waals surface area contributed by atoms with Crippen LogP contribution in [0.5, 0.6) is 5.75 Å². The second-order valence-corrected chi connectivity index (χ2v) is 10.4. The van der Waals surface area contributed by atoms with E-state index in [1.54, 1.807) is 12.3 Å². The molecule has 43 heavy (non-hydrogen) atoms. The van der Waals surface area contributed by atoms with Crippen LogP contribution in [0, 0.1) is 40.8 Å². The van der Waals surface area contributed by atoms with Crippen LogP contribution in [0.1, 0.15) is 49.7 Å². The molecule has 1 aliphatic rings. The fourth-order valence-electron chi connectivity index (χ4n) is 5.44. The molecule has 0 spiro atoms. The van der Waals surface area contributed by atoms with Gasteiger partial charge in [-0.3, -0.25) is 4.98 Å². The smallest absolute Gasteiger partial charge is 0.429 e. The first-order chi connectivity index (χ1) is 20.5. The summed E-state index contributed by atoms with van der Waals surface area (Å²) in [5.41, 5.74) is -0.543. The maximum Gasteiger partial charge on any atom is 0.432 e. The van der Waals surface area contributed by atoms with E-state index >= 15 is 4.39 Å². The molecule has 3 aromatic carbocycles. The molecule has 1 aromatic heterocycles. The fourth-order valence-corrected chi connectivity index (χ4v) is 5.44. The second kappa shape index (κ2) is 12.2. The maximum absolute atomic E-state index is 15.1. The second-order valence-electron chi connectivity index (χ2n) is 10.4. The number of halogens is 8. The van der Waals surface area contributed by atoms with Gasteiger partial charge in [-0.25, -0.2) is 26.3 Å². The van der Waals surface area contributed by atoms with Crippen molar-refractivity contribution in [2.75, 3.05) is 0 Å². The average molecular weight is 604 g/mol. The van der Waals surface area contributed by atoms with Crippen LogP contribution in [-0.2, 0) is 6.11 Å². The highest BCUT2D eigenvalue weighted by molar-refractivity contribution is 5.70. The van der Waals surface area contributed by atoms with Gasteiger partial charge in [-0.2, -0.15) is 8.78 Å². The number of aromatic nitrogens is 1. The molecule has 1 heterocycles. The molecule has 0 radical (unpaired) electrons. The summed E-state index contributed by atoms with van der Waals surface area (Å²) in [5, 5.41) is 0. The molecule has 0 saturated heterocycles. The molecule has 5 rings (SSSR count). The molecule has 4 aromatic rings. The Hall–Kier alpha value is -4.21. The number of pyridine rings is 1. The van der Waals surface area contributed by atoms with Gasteiger partial charge in [0.2, 0.25) is 0 Å². The van der Waals surface area contributed by atoms with Crippen LogP contribution in [0.2, 0.25) is 0 Å². The van der Waals surface area contributed by atoms with Crippen LogP contribution in [0.4, 0.5) is 35.1 Å². The first kappa shape index (κ1) is 30.3. The lowest BCUT2D eigenvalue weighted by atomic mass is 9.79. The SMILES string of the molecule is C/C=C/C1CCC(c2ccc(-c3ccc(-c4cc(F)c(C(F)(F)Oc5cc(F)c(F)c(F)c5)c(F)c4)c(F)c3)nc2)CC1. The van der Waals surface area contributed by atoms with E-state index in [4.69, 9.17) is 0 Å². The Labute approximate surface area is 242 Å². The summed E-state index contributed by atoms with van der Waals surface area (Å²) < 4.78 is 118. The highest BCUT2D eigenvalue weighted by Gasteiger charge is 2.41. The lowest BCUT2D eigenvalue weighted by molar-refractivity contribution is -0.189. The number of ether oxygens (including phenoxy) is 1. The molecular formula is C33H25F8NO. The summed E-state index contributed by atoms with van der Waals surface area (Å²) >= 11 is 0. The van der Waals surface area contributed by atoms with Crippen LogP contribution >= 0.6 is 0 Å². The highest BCUT2D eigenvalue weighted by atomic mass is 19.3. The minimum Gasteiger partial charge on any atom is -0.429 e. The molecule has 224 valence electrons. The van der Waals surface area contributed by atoms with Crippen molar-refractivity contribution in [2.45, 2.75) is 44.6 Å². The lowest BCUT2D eigenvalue weighted by Gasteiger charge is -2.26. The van der Waals surface area contributed by atoms with E-state index < -0.39 is 52.3 Å². The van der Waals surface area contributed by atoms with E-state index in [1.165, 1.54) is 12.1 Å². The fraction of sp³-hybridized carbons (Fsp3) is 0.242. The normalized spacial score (nSPS) is 17.4. The van der Waals surface area contributed by atoms with Gasteiger partial charge >= 0.3 is 6.11 Å². The van der Waals surface area contributed by atoms with E-state index in [-0.39, 0.29) is 23.3 Å². The molecule has 2 nitrogen and oxygen atoms in total. The zero-order valence-corrected chi connectivity index (χ0v) is 22.8. The van der Waals surface area contributed by atoms with Crippen molar-refractivity contribution < 1.29 is 39.9 Å². The Bertz CT molecular complexity index is 1610. The number of benzene rings is 3. The van der Waals surface area contributed by atoms with E-state index in [1.807, 2.05) is 13.0 Å². The van der Waals surface area contributed by atoms with Crippen molar-refractivity contribution >= 4 is 0 Å². The topological polar surface area (TPSA) is 22.1 Å². The van der Waals surface area contributed by atoms with E-state index in [0.29, 0.717) is 35.2 Å². The summed E-state index contributed by atoms with van der Waals surface area (Å²) in [6, 6.07) is 8.76. The number of hydrogen-bond donors (Lipinski definition) is 0. The van der Waals surface area contributed by atoms with Crippen molar-refractivity contribution in [3.05, 3.63) is 119 Å². The minimum absolute atomic E-state index is 0.103. The molecule has 0 unspecified atom stereocenters. The first-order valence-electron chi connectivity index (χ1n) is 13.6. The molecule has 1 fully saturated rings. The minimum atomic E-state index is -4.75. The molecular weight excluding hydrogens is 578 g/mol. The van der Waals surface area contributed by atoms with Gasteiger partial charge in [0.1, 0.15) is 28.8 Å².